The van der Waals surface area contributed by atoms with Gasteiger partial charge >= 0.3 is 0 Å². The first-order chi connectivity index (χ1) is 8.80. The van der Waals surface area contributed by atoms with E-state index in [9.17, 15) is 0 Å². The van der Waals surface area contributed by atoms with Crippen molar-refractivity contribution in [3.8, 4) is 0 Å². The molecule has 18 heavy (non-hydrogen) atoms. The number of pyridine rings is 1. The predicted molar refractivity (Wildman–Crippen MR) is 74.5 cm³/mol. The number of nitrogens with one attached hydrogen (secondary N) is 1. The van der Waals surface area contributed by atoms with Gasteiger partial charge in [-0.25, -0.2) is 0 Å². The number of hydrogen-bond donors (Lipinski definition) is 1. The van der Waals surface area contributed by atoms with Gasteiger partial charge in [-0.1, -0.05) is 19.9 Å². The van der Waals surface area contributed by atoms with Crippen LogP contribution in [0.25, 0.3) is 0 Å². The Morgan fingerprint density at radius 2 is 2.22 bits per heavy atom. The van der Waals surface area contributed by atoms with Gasteiger partial charge in [-0.2, -0.15) is 0 Å². The van der Waals surface area contributed by atoms with E-state index in [1.165, 1.54) is 0 Å². The van der Waals surface area contributed by atoms with Crippen molar-refractivity contribution in [1.82, 2.24) is 15.2 Å². The van der Waals surface area contributed by atoms with Gasteiger partial charge < -0.3 is 10.1 Å². The Hall–Kier alpha value is -0.970. The Morgan fingerprint density at radius 3 is 2.78 bits per heavy atom. The van der Waals surface area contributed by atoms with Crippen molar-refractivity contribution < 1.29 is 4.74 Å². The summed E-state index contributed by atoms with van der Waals surface area (Å²) in [4.78, 5) is 6.76. The topological polar surface area (TPSA) is 37.4 Å². The molecule has 1 rings (SSSR count). The molecular formula is C14H25N3O. The van der Waals surface area contributed by atoms with Crippen molar-refractivity contribution in [2.45, 2.75) is 26.4 Å². The molecule has 0 bridgehead atoms. The van der Waals surface area contributed by atoms with Crippen molar-refractivity contribution in [1.29, 1.82) is 0 Å². The molecule has 0 fully saturated rings. The van der Waals surface area contributed by atoms with Crippen LogP contribution in [0, 0.1) is 0 Å². The average Bonchev–Trinajstić information content (AvgIpc) is 2.39. The Labute approximate surface area is 110 Å². The Kier molecular flexibility index (Phi) is 7.57. The SMILES string of the molecule is CCNC(COC)CN(CC)Cc1ccccn1. The van der Waals surface area contributed by atoms with Gasteiger partial charge in [-0.3, -0.25) is 9.88 Å². The van der Waals surface area contributed by atoms with E-state index in [4.69, 9.17) is 4.74 Å². The fourth-order valence-electron chi connectivity index (χ4n) is 2.00. The van der Waals surface area contributed by atoms with E-state index < -0.39 is 0 Å². The number of methoxy groups -OCH3 is 1. The lowest BCUT2D eigenvalue weighted by Crippen LogP contribution is -2.43. The molecule has 0 aliphatic rings. The standard InChI is InChI=1S/C14H25N3O/c1-4-15-14(12-18-3)11-17(5-2)10-13-8-6-7-9-16-13/h6-9,14-15H,4-5,10-12H2,1-3H3. The molecule has 1 N–H and O–H groups in total. The van der Waals surface area contributed by atoms with Gasteiger partial charge in [0.2, 0.25) is 0 Å². The molecule has 0 radical (unpaired) electrons. The van der Waals surface area contributed by atoms with Crippen molar-refractivity contribution in [3.05, 3.63) is 30.1 Å². The largest absolute Gasteiger partial charge is 0.383 e. The van der Waals surface area contributed by atoms with Crippen LogP contribution >= 0.6 is 0 Å². The molecule has 0 aliphatic carbocycles. The monoisotopic (exact) mass is 251 g/mol. The summed E-state index contributed by atoms with van der Waals surface area (Å²) in [6.07, 6.45) is 1.85. The summed E-state index contributed by atoms with van der Waals surface area (Å²) in [5.74, 6) is 0. The average molecular weight is 251 g/mol. The maximum atomic E-state index is 5.25. The number of ether oxygens (including phenoxy) is 1. The second-order valence-corrected chi connectivity index (χ2v) is 4.36. The van der Waals surface area contributed by atoms with E-state index in [-0.39, 0.29) is 0 Å². The molecular weight excluding hydrogens is 226 g/mol. The van der Waals surface area contributed by atoms with Crippen LogP contribution in [0.15, 0.2) is 24.4 Å². The summed E-state index contributed by atoms with van der Waals surface area (Å²) in [6, 6.07) is 6.43. The van der Waals surface area contributed by atoms with Gasteiger partial charge in [0.15, 0.2) is 0 Å². The molecule has 0 aliphatic heterocycles. The molecule has 4 heteroatoms. The first-order valence-electron chi connectivity index (χ1n) is 6.64. The molecule has 1 aromatic rings. The highest BCUT2D eigenvalue weighted by Gasteiger charge is 2.12. The second kappa shape index (κ2) is 9.03. The number of aromatic nitrogens is 1. The summed E-state index contributed by atoms with van der Waals surface area (Å²) in [6.45, 7) is 8.90. The van der Waals surface area contributed by atoms with E-state index in [2.05, 4.69) is 35.1 Å². The Bertz CT molecular complexity index is 299. The third kappa shape index (κ3) is 5.58. The van der Waals surface area contributed by atoms with E-state index in [1.54, 1.807) is 7.11 Å². The third-order valence-corrected chi connectivity index (χ3v) is 2.90. The van der Waals surface area contributed by atoms with Crippen molar-refractivity contribution in [2.24, 2.45) is 0 Å². The normalized spacial score (nSPS) is 12.9. The van der Waals surface area contributed by atoms with Crippen LogP contribution < -0.4 is 5.32 Å². The minimum atomic E-state index is 0.378. The highest BCUT2D eigenvalue weighted by Crippen LogP contribution is 2.02. The minimum absolute atomic E-state index is 0.378. The van der Waals surface area contributed by atoms with E-state index in [0.29, 0.717) is 6.04 Å². The molecule has 0 saturated carbocycles. The minimum Gasteiger partial charge on any atom is -0.383 e. The maximum absolute atomic E-state index is 5.25. The van der Waals surface area contributed by atoms with Crippen LogP contribution in [-0.4, -0.2) is 49.3 Å². The highest BCUT2D eigenvalue weighted by atomic mass is 16.5. The van der Waals surface area contributed by atoms with Gasteiger partial charge in [0.25, 0.3) is 0 Å². The molecule has 1 heterocycles. The first-order valence-corrected chi connectivity index (χ1v) is 6.64. The first kappa shape index (κ1) is 15.1. The van der Waals surface area contributed by atoms with Crippen molar-refractivity contribution in [3.63, 3.8) is 0 Å². The maximum Gasteiger partial charge on any atom is 0.0628 e. The van der Waals surface area contributed by atoms with Crippen molar-refractivity contribution >= 4 is 0 Å². The van der Waals surface area contributed by atoms with E-state index >= 15 is 0 Å². The number of hydrogen-bond acceptors (Lipinski definition) is 4. The second-order valence-electron chi connectivity index (χ2n) is 4.36. The number of nitrogens with zero attached hydrogens (tertiary/aromatic N) is 2. The predicted octanol–water partition coefficient (Wildman–Crippen LogP) is 1.53. The van der Waals surface area contributed by atoms with E-state index in [0.717, 1.165) is 38.5 Å². The number of rotatable bonds is 9. The van der Waals surface area contributed by atoms with Crippen molar-refractivity contribution in [2.75, 3.05) is 33.4 Å². The quantitative estimate of drug-likeness (QED) is 0.722. The lowest BCUT2D eigenvalue weighted by Gasteiger charge is -2.26. The summed E-state index contributed by atoms with van der Waals surface area (Å²) < 4.78 is 5.25. The third-order valence-electron chi connectivity index (χ3n) is 2.90. The lowest BCUT2D eigenvalue weighted by molar-refractivity contribution is 0.137. The zero-order valence-corrected chi connectivity index (χ0v) is 11.7. The van der Waals surface area contributed by atoms with Crippen LogP contribution in [0.4, 0.5) is 0 Å². The smallest absolute Gasteiger partial charge is 0.0628 e. The fourth-order valence-corrected chi connectivity index (χ4v) is 2.00. The summed E-state index contributed by atoms with van der Waals surface area (Å²) in [5, 5.41) is 3.45. The Morgan fingerprint density at radius 1 is 1.39 bits per heavy atom. The van der Waals surface area contributed by atoms with Gasteiger partial charge in [0.05, 0.1) is 12.3 Å². The zero-order valence-electron chi connectivity index (χ0n) is 11.7. The fraction of sp³-hybridized carbons (Fsp3) is 0.643. The number of likely N-dealkylation sites (N-methyl/N-ethyl adjacent to an activating group) is 2. The lowest BCUT2D eigenvalue weighted by atomic mass is 10.2. The van der Waals surface area contributed by atoms with Gasteiger partial charge in [0, 0.05) is 32.4 Å². The summed E-state index contributed by atoms with van der Waals surface area (Å²) >= 11 is 0. The zero-order chi connectivity index (χ0) is 13.2. The summed E-state index contributed by atoms with van der Waals surface area (Å²) in [7, 11) is 1.75. The van der Waals surface area contributed by atoms with Gasteiger partial charge in [-0.15, -0.1) is 0 Å². The molecule has 0 spiro atoms. The van der Waals surface area contributed by atoms with Crippen LogP contribution in [0.2, 0.25) is 0 Å². The molecule has 1 aromatic heterocycles. The molecule has 0 amide bonds. The molecule has 1 unspecified atom stereocenters. The van der Waals surface area contributed by atoms with Crippen LogP contribution in [0.5, 0.6) is 0 Å². The van der Waals surface area contributed by atoms with Gasteiger partial charge in [-0.05, 0) is 25.2 Å². The summed E-state index contributed by atoms with van der Waals surface area (Å²) in [5.41, 5.74) is 1.12. The molecule has 1 atom stereocenters. The molecule has 0 saturated heterocycles. The molecule has 0 aromatic carbocycles. The van der Waals surface area contributed by atoms with Crippen LogP contribution in [0.3, 0.4) is 0 Å². The van der Waals surface area contributed by atoms with E-state index in [1.807, 2.05) is 18.3 Å². The van der Waals surface area contributed by atoms with Crippen LogP contribution in [0.1, 0.15) is 19.5 Å². The highest BCUT2D eigenvalue weighted by molar-refractivity contribution is 5.03. The Balaban J connectivity index is 2.49. The van der Waals surface area contributed by atoms with Crippen LogP contribution in [-0.2, 0) is 11.3 Å². The van der Waals surface area contributed by atoms with Gasteiger partial charge in [0.1, 0.15) is 0 Å². The molecule has 4 nitrogen and oxygen atoms in total. The molecule has 102 valence electrons.